The van der Waals surface area contributed by atoms with Crippen molar-refractivity contribution in [2.45, 2.75) is 37.9 Å². The molecule has 0 aromatic carbocycles. The van der Waals surface area contributed by atoms with Crippen LogP contribution in [0.3, 0.4) is 0 Å². The van der Waals surface area contributed by atoms with Gasteiger partial charge in [0.05, 0.1) is 12.7 Å². The Kier molecular flexibility index (Phi) is 7.39. The minimum Gasteiger partial charge on any atom is -0.394 e. The van der Waals surface area contributed by atoms with Crippen molar-refractivity contribution in [2.75, 3.05) is 13.2 Å². The highest BCUT2D eigenvalue weighted by Crippen LogP contribution is 2.05. The van der Waals surface area contributed by atoms with E-state index < -0.39 is 12.2 Å². The van der Waals surface area contributed by atoms with Gasteiger partial charge in [-0.25, -0.2) is 0 Å². The van der Waals surface area contributed by atoms with E-state index in [1.54, 1.807) is 0 Å². The summed E-state index contributed by atoms with van der Waals surface area (Å²) < 4.78 is 0. The van der Waals surface area contributed by atoms with E-state index in [0.717, 1.165) is 19.3 Å². The maximum atomic E-state index is 9.18. The summed E-state index contributed by atoms with van der Waals surface area (Å²) in [5, 5.41) is 26.6. The molecule has 0 aliphatic carbocycles. The summed E-state index contributed by atoms with van der Waals surface area (Å²) in [5.74, 6) is 0. The van der Waals surface area contributed by atoms with Gasteiger partial charge in [-0.15, -0.1) is 0 Å². The van der Waals surface area contributed by atoms with Crippen molar-refractivity contribution in [1.82, 2.24) is 0 Å². The van der Waals surface area contributed by atoms with Crippen LogP contribution in [0, 0.1) is 0 Å². The van der Waals surface area contributed by atoms with E-state index in [1.807, 2.05) is 0 Å². The average molecular weight is 177 g/mol. The SMILES string of the molecule is NCCCCCC(O)C(O)CO. The van der Waals surface area contributed by atoms with Crippen molar-refractivity contribution in [3.63, 3.8) is 0 Å². The van der Waals surface area contributed by atoms with Crippen LogP contribution in [0.25, 0.3) is 0 Å². The van der Waals surface area contributed by atoms with E-state index >= 15 is 0 Å². The molecule has 0 rings (SSSR count). The molecule has 0 aromatic heterocycles. The first kappa shape index (κ1) is 11.8. The summed E-state index contributed by atoms with van der Waals surface area (Å²) in [6.07, 6.45) is 1.49. The van der Waals surface area contributed by atoms with Crippen LogP contribution < -0.4 is 5.73 Å². The molecular weight excluding hydrogens is 158 g/mol. The third-order valence-electron chi connectivity index (χ3n) is 1.84. The normalized spacial score (nSPS) is 16.0. The second kappa shape index (κ2) is 7.49. The van der Waals surface area contributed by atoms with Crippen LogP contribution >= 0.6 is 0 Å². The van der Waals surface area contributed by atoms with Crippen molar-refractivity contribution in [3.05, 3.63) is 0 Å². The van der Waals surface area contributed by atoms with Gasteiger partial charge in [0.15, 0.2) is 0 Å². The molecule has 4 nitrogen and oxygen atoms in total. The lowest BCUT2D eigenvalue weighted by molar-refractivity contribution is -0.0185. The summed E-state index contributed by atoms with van der Waals surface area (Å²) in [4.78, 5) is 0. The number of aliphatic hydroxyl groups is 3. The Morgan fingerprint density at radius 1 is 1.00 bits per heavy atom. The summed E-state index contributed by atoms with van der Waals surface area (Å²) in [6, 6.07) is 0. The van der Waals surface area contributed by atoms with Gasteiger partial charge < -0.3 is 21.1 Å². The van der Waals surface area contributed by atoms with Gasteiger partial charge in [0.2, 0.25) is 0 Å². The molecule has 0 heterocycles. The van der Waals surface area contributed by atoms with E-state index in [0.29, 0.717) is 13.0 Å². The monoisotopic (exact) mass is 177 g/mol. The van der Waals surface area contributed by atoms with Gasteiger partial charge in [-0.05, 0) is 19.4 Å². The first-order valence-electron chi connectivity index (χ1n) is 4.39. The quantitative estimate of drug-likeness (QED) is 0.384. The molecule has 0 aliphatic heterocycles. The van der Waals surface area contributed by atoms with E-state index in [2.05, 4.69) is 0 Å². The molecule has 0 aliphatic rings. The molecule has 2 atom stereocenters. The fraction of sp³-hybridized carbons (Fsp3) is 1.00. The maximum absolute atomic E-state index is 9.18. The first-order chi connectivity index (χ1) is 5.72. The Balaban J connectivity index is 3.24. The van der Waals surface area contributed by atoms with Crippen LogP contribution in [0.5, 0.6) is 0 Å². The molecule has 4 heteroatoms. The Bertz CT molecular complexity index is 100. The summed E-state index contributed by atoms with van der Waals surface area (Å²) in [6.45, 7) is 0.288. The average Bonchev–Trinajstić information content (AvgIpc) is 2.10. The number of aliphatic hydroxyl groups excluding tert-OH is 3. The molecule has 0 bridgehead atoms. The minimum absolute atomic E-state index is 0.377. The minimum atomic E-state index is -0.997. The molecule has 5 N–H and O–H groups in total. The van der Waals surface area contributed by atoms with Crippen LogP contribution in [0.2, 0.25) is 0 Å². The molecule has 0 saturated heterocycles. The number of hydrogen-bond acceptors (Lipinski definition) is 4. The molecule has 0 amide bonds. The van der Waals surface area contributed by atoms with Crippen molar-refractivity contribution >= 4 is 0 Å². The van der Waals surface area contributed by atoms with Crippen LogP contribution in [0.15, 0.2) is 0 Å². The zero-order valence-corrected chi connectivity index (χ0v) is 7.32. The lowest BCUT2D eigenvalue weighted by Gasteiger charge is -2.14. The second-order valence-corrected chi connectivity index (χ2v) is 2.96. The smallest absolute Gasteiger partial charge is 0.103 e. The van der Waals surface area contributed by atoms with Crippen molar-refractivity contribution in [3.8, 4) is 0 Å². The predicted octanol–water partition coefficient (Wildman–Crippen LogP) is -0.780. The second-order valence-electron chi connectivity index (χ2n) is 2.96. The molecule has 2 unspecified atom stereocenters. The number of hydrogen-bond donors (Lipinski definition) is 4. The number of nitrogens with two attached hydrogens (primary N) is 1. The molecule has 12 heavy (non-hydrogen) atoms. The molecule has 0 aromatic rings. The van der Waals surface area contributed by atoms with Crippen LogP contribution in [-0.4, -0.2) is 40.7 Å². The van der Waals surface area contributed by atoms with Gasteiger partial charge >= 0.3 is 0 Å². The highest BCUT2D eigenvalue weighted by Gasteiger charge is 2.13. The summed E-state index contributed by atoms with van der Waals surface area (Å²) >= 11 is 0. The van der Waals surface area contributed by atoms with E-state index in [9.17, 15) is 5.11 Å². The Morgan fingerprint density at radius 2 is 1.67 bits per heavy atom. The number of unbranched alkanes of at least 4 members (excludes halogenated alkanes) is 2. The van der Waals surface area contributed by atoms with Crippen molar-refractivity contribution < 1.29 is 15.3 Å². The third-order valence-corrected chi connectivity index (χ3v) is 1.84. The van der Waals surface area contributed by atoms with Crippen molar-refractivity contribution in [1.29, 1.82) is 0 Å². The standard InChI is InChI=1S/C8H19NO3/c9-5-3-1-2-4-7(11)8(12)6-10/h7-8,10-12H,1-6,9H2. The lowest BCUT2D eigenvalue weighted by Crippen LogP contribution is -2.29. The summed E-state index contributed by atoms with van der Waals surface area (Å²) in [7, 11) is 0. The highest BCUT2D eigenvalue weighted by atomic mass is 16.4. The fourth-order valence-electron chi connectivity index (χ4n) is 0.989. The van der Waals surface area contributed by atoms with Gasteiger partial charge in [0.25, 0.3) is 0 Å². The van der Waals surface area contributed by atoms with Gasteiger partial charge in [0.1, 0.15) is 6.10 Å². The maximum Gasteiger partial charge on any atom is 0.103 e. The molecule has 74 valence electrons. The zero-order valence-electron chi connectivity index (χ0n) is 7.32. The molecule has 0 radical (unpaired) electrons. The predicted molar refractivity (Wildman–Crippen MR) is 46.6 cm³/mol. The topological polar surface area (TPSA) is 86.7 Å². The lowest BCUT2D eigenvalue weighted by atomic mass is 10.1. The first-order valence-corrected chi connectivity index (χ1v) is 4.39. The van der Waals surface area contributed by atoms with Crippen LogP contribution in [0.4, 0.5) is 0 Å². The van der Waals surface area contributed by atoms with Gasteiger partial charge in [-0.2, -0.15) is 0 Å². The Hall–Kier alpha value is -0.160. The fourth-order valence-corrected chi connectivity index (χ4v) is 0.989. The van der Waals surface area contributed by atoms with Gasteiger partial charge in [0, 0.05) is 0 Å². The van der Waals surface area contributed by atoms with Crippen molar-refractivity contribution in [2.24, 2.45) is 5.73 Å². The zero-order chi connectivity index (χ0) is 9.40. The molecule has 0 fully saturated rings. The van der Waals surface area contributed by atoms with Gasteiger partial charge in [-0.1, -0.05) is 12.8 Å². The summed E-state index contributed by atoms with van der Waals surface area (Å²) in [5.41, 5.74) is 5.28. The largest absolute Gasteiger partial charge is 0.394 e. The van der Waals surface area contributed by atoms with Gasteiger partial charge in [-0.3, -0.25) is 0 Å². The molecule has 0 spiro atoms. The number of rotatable bonds is 7. The van der Waals surface area contributed by atoms with E-state index in [1.165, 1.54) is 0 Å². The van der Waals surface area contributed by atoms with E-state index in [4.69, 9.17) is 15.9 Å². The molecule has 0 saturated carbocycles. The van der Waals surface area contributed by atoms with Crippen LogP contribution in [0.1, 0.15) is 25.7 Å². The Morgan fingerprint density at radius 3 is 2.17 bits per heavy atom. The van der Waals surface area contributed by atoms with E-state index in [-0.39, 0.29) is 6.61 Å². The Labute approximate surface area is 73.0 Å². The van der Waals surface area contributed by atoms with Crippen LogP contribution in [-0.2, 0) is 0 Å². The highest BCUT2D eigenvalue weighted by molar-refractivity contribution is 4.65. The third kappa shape index (κ3) is 5.49. The molecular formula is C8H19NO3.